The van der Waals surface area contributed by atoms with E-state index in [1.165, 1.54) is 21.8 Å². The van der Waals surface area contributed by atoms with Gasteiger partial charge in [0.05, 0.1) is 0 Å². The van der Waals surface area contributed by atoms with E-state index in [0.29, 0.717) is 0 Å². The van der Waals surface area contributed by atoms with Crippen molar-refractivity contribution >= 4 is 21.8 Å². The van der Waals surface area contributed by atoms with Crippen LogP contribution in [0.25, 0.3) is 0 Å². The molecule has 5 heteroatoms. The summed E-state index contributed by atoms with van der Waals surface area (Å²) >= 11 is 3.36. The summed E-state index contributed by atoms with van der Waals surface area (Å²) in [6, 6.07) is 11.9. The van der Waals surface area contributed by atoms with Crippen LogP contribution in [0.3, 0.4) is 0 Å². The number of carbonyl (C=O) groups excluding carboxylic acids is 1. The van der Waals surface area contributed by atoms with Gasteiger partial charge < -0.3 is 9.47 Å². The van der Waals surface area contributed by atoms with E-state index in [2.05, 4.69) is 47.1 Å². The van der Waals surface area contributed by atoms with E-state index in [9.17, 15) is 9.59 Å². The number of carbonyl (C=O) groups is 1. The standard InChI is InChI=1S/C20H23BrN2O2/c1-2-11-23(18-9-7-15-5-3-4-6-16(15)12-18)20(25)14-22-13-17(21)8-10-19(22)24/h3-6,8,10,13,18H,2,7,9,11-12,14H2,1H3. The van der Waals surface area contributed by atoms with Gasteiger partial charge in [0, 0.05) is 29.3 Å². The van der Waals surface area contributed by atoms with E-state index < -0.39 is 0 Å². The molecule has 1 aromatic carbocycles. The Bertz CT molecular complexity index is 815. The highest BCUT2D eigenvalue weighted by Gasteiger charge is 2.27. The first-order chi connectivity index (χ1) is 12.1. The lowest BCUT2D eigenvalue weighted by Gasteiger charge is -2.35. The largest absolute Gasteiger partial charge is 0.338 e. The van der Waals surface area contributed by atoms with Crippen LogP contribution >= 0.6 is 15.9 Å². The van der Waals surface area contributed by atoms with Crippen molar-refractivity contribution < 1.29 is 4.79 Å². The Kier molecular flexibility index (Phi) is 5.74. The Labute approximate surface area is 156 Å². The van der Waals surface area contributed by atoms with E-state index in [4.69, 9.17) is 0 Å². The first-order valence-corrected chi connectivity index (χ1v) is 9.60. The smallest absolute Gasteiger partial charge is 0.251 e. The van der Waals surface area contributed by atoms with Gasteiger partial charge in [-0.1, -0.05) is 31.2 Å². The molecular formula is C20H23BrN2O2. The van der Waals surface area contributed by atoms with Crippen molar-refractivity contribution in [1.29, 1.82) is 0 Å². The van der Waals surface area contributed by atoms with Crippen molar-refractivity contribution in [3.63, 3.8) is 0 Å². The fraction of sp³-hybridized carbons (Fsp3) is 0.400. The number of amides is 1. The van der Waals surface area contributed by atoms with E-state index in [1.54, 1.807) is 12.3 Å². The van der Waals surface area contributed by atoms with Crippen LogP contribution in [0.2, 0.25) is 0 Å². The number of aromatic nitrogens is 1. The molecule has 1 amide bonds. The van der Waals surface area contributed by atoms with Crippen LogP contribution in [0.15, 0.2) is 51.9 Å². The highest BCUT2D eigenvalue weighted by atomic mass is 79.9. The zero-order valence-corrected chi connectivity index (χ0v) is 16.0. The fourth-order valence-electron chi connectivity index (χ4n) is 3.56. The second-order valence-corrected chi connectivity index (χ2v) is 7.48. The molecule has 0 N–H and O–H groups in total. The number of hydrogen-bond donors (Lipinski definition) is 0. The van der Waals surface area contributed by atoms with Crippen LogP contribution in [-0.2, 0) is 24.2 Å². The van der Waals surface area contributed by atoms with E-state index >= 15 is 0 Å². The highest BCUT2D eigenvalue weighted by molar-refractivity contribution is 9.10. The molecular weight excluding hydrogens is 380 g/mol. The van der Waals surface area contributed by atoms with Crippen molar-refractivity contribution in [2.45, 2.75) is 45.2 Å². The summed E-state index contributed by atoms with van der Waals surface area (Å²) in [7, 11) is 0. The van der Waals surface area contributed by atoms with Gasteiger partial charge in [-0.2, -0.15) is 0 Å². The molecule has 0 spiro atoms. The molecule has 1 aliphatic carbocycles. The second-order valence-electron chi connectivity index (χ2n) is 6.57. The molecule has 0 radical (unpaired) electrons. The number of nitrogens with zero attached hydrogens (tertiary/aromatic N) is 2. The van der Waals surface area contributed by atoms with Crippen LogP contribution in [0.4, 0.5) is 0 Å². The lowest BCUT2D eigenvalue weighted by atomic mass is 9.87. The minimum atomic E-state index is -0.151. The third kappa shape index (κ3) is 4.21. The average molecular weight is 403 g/mol. The lowest BCUT2D eigenvalue weighted by molar-refractivity contribution is -0.134. The maximum Gasteiger partial charge on any atom is 0.251 e. The molecule has 2 aromatic rings. The fourth-order valence-corrected chi connectivity index (χ4v) is 3.94. The predicted octanol–water partition coefficient (Wildman–Crippen LogP) is 3.41. The van der Waals surface area contributed by atoms with Gasteiger partial charge in [-0.15, -0.1) is 0 Å². The molecule has 1 aromatic heterocycles. The van der Waals surface area contributed by atoms with Crippen molar-refractivity contribution in [1.82, 2.24) is 9.47 Å². The zero-order valence-electron chi connectivity index (χ0n) is 14.5. The van der Waals surface area contributed by atoms with E-state index in [0.717, 1.165) is 36.7 Å². The van der Waals surface area contributed by atoms with Gasteiger partial charge >= 0.3 is 0 Å². The molecule has 132 valence electrons. The second kappa shape index (κ2) is 8.00. The summed E-state index contributed by atoms with van der Waals surface area (Å²) in [4.78, 5) is 26.9. The molecule has 0 aliphatic heterocycles. The molecule has 1 heterocycles. The third-order valence-corrected chi connectivity index (χ3v) is 5.27. The van der Waals surface area contributed by atoms with Gasteiger partial charge in [0.25, 0.3) is 5.56 Å². The van der Waals surface area contributed by atoms with Crippen LogP contribution in [0, 0.1) is 0 Å². The minimum absolute atomic E-state index is 0.0198. The summed E-state index contributed by atoms with van der Waals surface area (Å²) < 4.78 is 2.28. The Morgan fingerprint density at radius 2 is 2.00 bits per heavy atom. The van der Waals surface area contributed by atoms with Crippen LogP contribution in [0.5, 0.6) is 0 Å². The Morgan fingerprint density at radius 3 is 2.76 bits per heavy atom. The average Bonchev–Trinajstić information content (AvgIpc) is 2.62. The molecule has 0 fully saturated rings. The van der Waals surface area contributed by atoms with Gasteiger partial charge in [-0.25, -0.2) is 0 Å². The summed E-state index contributed by atoms with van der Waals surface area (Å²) in [5.74, 6) is 0.0198. The van der Waals surface area contributed by atoms with Crippen molar-refractivity contribution in [3.8, 4) is 0 Å². The van der Waals surface area contributed by atoms with E-state index in [-0.39, 0.29) is 24.1 Å². The number of pyridine rings is 1. The van der Waals surface area contributed by atoms with Crippen LogP contribution in [-0.4, -0.2) is 28.0 Å². The molecule has 0 bridgehead atoms. The summed E-state index contributed by atoms with van der Waals surface area (Å²) in [6.07, 6.45) is 5.48. The van der Waals surface area contributed by atoms with Crippen LogP contribution in [0.1, 0.15) is 30.9 Å². The van der Waals surface area contributed by atoms with Crippen molar-refractivity contribution in [2.24, 2.45) is 0 Å². The highest BCUT2D eigenvalue weighted by Crippen LogP contribution is 2.25. The maximum atomic E-state index is 12.9. The number of hydrogen-bond acceptors (Lipinski definition) is 2. The Morgan fingerprint density at radius 1 is 1.24 bits per heavy atom. The van der Waals surface area contributed by atoms with Crippen molar-refractivity contribution in [3.05, 3.63) is 68.5 Å². The van der Waals surface area contributed by atoms with Gasteiger partial charge in [-0.05, 0) is 58.8 Å². The van der Waals surface area contributed by atoms with Crippen molar-refractivity contribution in [2.75, 3.05) is 6.54 Å². The Balaban J connectivity index is 1.78. The molecule has 4 nitrogen and oxygen atoms in total. The number of aryl methyl sites for hydroxylation is 1. The number of benzene rings is 1. The molecule has 1 atom stereocenters. The monoisotopic (exact) mass is 402 g/mol. The molecule has 1 unspecified atom stereocenters. The third-order valence-electron chi connectivity index (χ3n) is 4.80. The molecule has 0 saturated heterocycles. The number of halogens is 1. The lowest BCUT2D eigenvalue weighted by Crippen LogP contribution is -2.46. The molecule has 1 aliphatic rings. The topological polar surface area (TPSA) is 42.3 Å². The molecule has 0 saturated carbocycles. The predicted molar refractivity (Wildman–Crippen MR) is 103 cm³/mol. The number of rotatable bonds is 5. The van der Waals surface area contributed by atoms with Crippen LogP contribution < -0.4 is 5.56 Å². The van der Waals surface area contributed by atoms with E-state index in [1.807, 2.05) is 4.90 Å². The first-order valence-electron chi connectivity index (χ1n) is 8.80. The minimum Gasteiger partial charge on any atom is -0.338 e. The molecule has 25 heavy (non-hydrogen) atoms. The summed E-state index contributed by atoms with van der Waals surface area (Å²) in [5, 5.41) is 0. The first kappa shape index (κ1) is 17.9. The summed E-state index contributed by atoms with van der Waals surface area (Å²) in [5.41, 5.74) is 2.58. The van der Waals surface area contributed by atoms with Gasteiger partial charge in [-0.3, -0.25) is 9.59 Å². The molecule has 3 rings (SSSR count). The quantitative estimate of drug-likeness (QED) is 0.768. The van der Waals surface area contributed by atoms with Gasteiger partial charge in [0.1, 0.15) is 6.54 Å². The Hall–Kier alpha value is -1.88. The maximum absolute atomic E-state index is 12.9. The summed E-state index contributed by atoms with van der Waals surface area (Å²) in [6.45, 7) is 2.91. The van der Waals surface area contributed by atoms with Gasteiger partial charge in [0.15, 0.2) is 0 Å². The zero-order chi connectivity index (χ0) is 17.8. The number of fused-ring (bicyclic) bond motifs is 1. The SMILES string of the molecule is CCCN(C(=O)Cn1cc(Br)ccc1=O)C1CCc2ccccc2C1. The van der Waals surface area contributed by atoms with Gasteiger partial charge in [0.2, 0.25) is 5.91 Å². The normalized spacial score (nSPS) is 16.3.